The van der Waals surface area contributed by atoms with E-state index in [2.05, 4.69) is 36.4 Å². The van der Waals surface area contributed by atoms with Crippen LogP contribution in [0.15, 0.2) is 77.8 Å². The molecule has 2 aromatic carbocycles. The number of unbranched alkanes of at least 4 members (excludes halogenated alkanes) is 1. The summed E-state index contributed by atoms with van der Waals surface area (Å²) in [6, 6.07) is 14.2. The number of nitrogens with one attached hydrogen (secondary N) is 4. The first-order valence-corrected chi connectivity index (χ1v) is 24.4. The predicted molar refractivity (Wildman–Crippen MR) is 261 cm³/mol. The Balaban J connectivity index is 0.592. The van der Waals surface area contributed by atoms with Crippen LogP contribution in [0.2, 0.25) is 0 Å². The van der Waals surface area contributed by atoms with E-state index in [1.54, 1.807) is 30.9 Å². The predicted octanol–water partition coefficient (Wildman–Crippen LogP) is 2.22. The Labute approximate surface area is 426 Å². The molecule has 4 N–H and O–H groups in total. The second-order valence-corrected chi connectivity index (χ2v) is 16.5. The molecule has 5 heterocycles. The van der Waals surface area contributed by atoms with Crippen molar-refractivity contribution in [1.82, 2.24) is 40.4 Å². The smallest absolute Gasteiger partial charge is 0.266 e. The number of fused-ring (bicyclic) bond motifs is 2. The van der Waals surface area contributed by atoms with E-state index in [0.717, 1.165) is 16.2 Å². The van der Waals surface area contributed by atoms with Gasteiger partial charge in [0.15, 0.2) is 12.3 Å². The van der Waals surface area contributed by atoms with Crippen molar-refractivity contribution in [2.75, 3.05) is 118 Å². The lowest BCUT2D eigenvalue weighted by Crippen LogP contribution is -2.54. The lowest BCUT2D eigenvalue weighted by molar-refractivity contribution is -0.136. The second-order valence-electron chi connectivity index (χ2n) is 16.5. The molecule has 0 bridgehead atoms. The van der Waals surface area contributed by atoms with Gasteiger partial charge in [-0.1, -0.05) is 18.2 Å². The van der Waals surface area contributed by atoms with Crippen LogP contribution in [0.25, 0.3) is 16.9 Å². The molecular weight excluding hydrogens is 967 g/mol. The van der Waals surface area contributed by atoms with Crippen molar-refractivity contribution >= 4 is 46.9 Å². The van der Waals surface area contributed by atoms with Gasteiger partial charge in [0, 0.05) is 37.2 Å². The van der Waals surface area contributed by atoms with E-state index in [1.165, 1.54) is 18.2 Å². The van der Waals surface area contributed by atoms with E-state index in [9.17, 15) is 28.8 Å². The van der Waals surface area contributed by atoms with Crippen LogP contribution < -0.4 is 26.0 Å². The number of hydrogen-bond acceptors (Lipinski definition) is 19. The summed E-state index contributed by atoms with van der Waals surface area (Å²) in [5.41, 5.74) is 2.58. The summed E-state index contributed by atoms with van der Waals surface area (Å²) in [5.74, 6) is -1.58. The Morgan fingerprint density at radius 2 is 1.38 bits per heavy atom. The highest BCUT2D eigenvalue weighted by Crippen LogP contribution is 2.33. The molecule has 6 amide bonds. The molecular formula is C50H61N9O15. The molecule has 2 aliphatic heterocycles. The molecule has 0 saturated carbocycles. The Kier molecular flexibility index (Phi) is 21.8. The molecule has 5 aromatic rings. The second kappa shape index (κ2) is 29.5. The van der Waals surface area contributed by atoms with E-state index in [-0.39, 0.29) is 42.2 Å². The van der Waals surface area contributed by atoms with Gasteiger partial charge in [-0.2, -0.15) is 0 Å². The first-order chi connectivity index (χ1) is 36.3. The zero-order chi connectivity index (χ0) is 51.7. The van der Waals surface area contributed by atoms with Crippen LogP contribution in [0, 0.1) is 0 Å². The maximum atomic E-state index is 13.2. The topological polar surface area (TPSA) is 284 Å². The number of furan rings is 1. The molecule has 7 rings (SSSR count). The lowest BCUT2D eigenvalue weighted by Gasteiger charge is -2.27. The van der Waals surface area contributed by atoms with Crippen molar-refractivity contribution in [2.45, 2.75) is 38.3 Å². The number of piperidine rings is 1. The number of rotatable bonds is 35. The summed E-state index contributed by atoms with van der Waals surface area (Å²) < 4.78 is 51.6. The summed E-state index contributed by atoms with van der Waals surface area (Å²) >= 11 is 0. The highest BCUT2D eigenvalue weighted by molar-refractivity contribution is 6.24. The SMILES string of the molecule is O=C(COc1cccc2c1C(=O)N(C1CCC(=O)NC1=O)C2=O)NCCCCOCCOCCOCCOCCOCCOCCOCCNC(=O)c1ccc(-c2ncc(NCc3ccco3)n3cnnc23)cc1. The zero-order valence-electron chi connectivity index (χ0n) is 40.9. The first-order valence-electron chi connectivity index (χ1n) is 24.4. The molecule has 396 valence electrons. The maximum absolute atomic E-state index is 13.2. The average molecular weight is 1030 g/mol. The Morgan fingerprint density at radius 3 is 2.03 bits per heavy atom. The zero-order valence-corrected chi connectivity index (χ0v) is 40.9. The molecule has 0 spiro atoms. The van der Waals surface area contributed by atoms with Gasteiger partial charge >= 0.3 is 0 Å². The Bertz CT molecular complexity index is 2610. The van der Waals surface area contributed by atoms with Crippen LogP contribution in [0.1, 0.15) is 62.5 Å². The number of amides is 6. The third-order valence-electron chi connectivity index (χ3n) is 11.4. The molecule has 0 aliphatic carbocycles. The van der Waals surface area contributed by atoms with Gasteiger partial charge in [-0.3, -0.25) is 43.4 Å². The summed E-state index contributed by atoms with van der Waals surface area (Å²) in [5, 5.41) is 19.3. The van der Waals surface area contributed by atoms with Crippen molar-refractivity contribution in [3.63, 3.8) is 0 Å². The van der Waals surface area contributed by atoms with Crippen molar-refractivity contribution in [1.29, 1.82) is 0 Å². The van der Waals surface area contributed by atoms with Gasteiger partial charge in [0.2, 0.25) is 11.8 Å². The lowest BCUT2D eigenvalue weighted by atomic mass is 10.0. The molecule has 0 radical (unpaired) electrons. The van der Waals surface area contributed by atoms with Crippen molar-refractivity contribution < 1.29 is 71.1 Å². The van der Waals surface area contributed by atoms with E-state index < -0.39 is 35.6 Å². The highest BCUT2D eigenvalue weighted by atomic mass is 16.6. The third kappa shape index (κ3) is 16.2. The normalized spacial score (nSPS) is 14.4. The number of anilines is 1. The number of aromatic nitrogens is 4. The molecule has 1 saturated heterocycles. The number of carbonyl (C=O) groups excluding carboxylic acids is 6. The standard InChI is InChI=1S/C50H61N9O15/c60-42-13-12-39(48(63)56-42)59-49(64)38-6-3-7-40(44(38)50(59)65)74-33-43(61)51-14-1-2-16-66-19-21-68-23-25-70-27-29-72-30-28-71-26-24-69-22-20-67-18-15-52-47(62)36-10-8-35(9-11-36)45-46-57-55-34-58(46)41(32-54-45)53-31-37-5-4-17-73-37/h3-11,17,32,34,39,53H,1-2,12-16,18-31,33H2,(H,51,61)(H,52,62)(H,56,60,63). The minimum absolute atomic E-state index is 0.0109. The minimum atomic E-state index is -1.10. The average Bonchev–Trinajstić information content (AvgIpc) is 4.18. The van der Waals surface area contributed by atoms with E-state index >= 15 is 0 Å². The summed E-state index contributed by atoms with van der Waals surface area (Å²) in [6.07, 6.45) is 6.37. The number of imide groups is 2. The first kappa shape index (κ1) is 54.6. The van der Waals surface area contributed by atoms with E-state index in [0.29, 0.717) is 148 Å². The van der Waals surface area contributed by atoms with Crippen molar-refractivity contribution in [3.05, 3.63) is 95.8 Å². The van der Waals surface area contributed by atoms with Crippen LogP contribution in [0.5, 0.6) is 5.75 Å². The van der Waals surface area contributed by atoms with Crippen LogP contribution >= 0.6 is 0 Å². The molecule has 74 heavy (non-hydrogen) atoms. The fourth-order valence-electron chi connectivity index (χ4n) is 7.64. The van der Waals surface area contributed by atoms with Gasteiger partial charge in [0.25, 0.3) is 23.6 Å². The van der Waals surface area contributed by atoms with Crippen LogP contribution in [-0.2, 0) is 54.1 Å². The van der Waals surface area contributed by atoms with E-state index in [1.807, 2.05) is 28.7 Å². The Hall–Kier alpha value is -7.19. The van der Waals surface area contributed by atoms with Gasteiger partial charge in [-0.15, -0.1) is 10.2 Å². The molecule has 1 atom stereocenters. The number of carbonyl (C=O) groups is 6. The minimum Gasteiger partial charge on any atom is -0.483 e. The molecule has 1 fully saturated rings. The summed E-state index contributed by atoms with van der Waals surface area (Å²) in [7, 11) is 0. The van der Waals surface area contributed by atoms with Crippen molar-refractivity contribution in [3.8, 4) is 17.0 Å². The van der Waals surface area contributed by atoms with Crippen LogP contribution in [-0.4, -0.2) is 178 Å². The molecule has 1 unspecified atom stereocenters. The molecule has 24 heteroatoms. The number of nitrogens with zero attached hydrogens (tertiary/aromatic N) is 5. The fraction of sp³-hybridized carbons (Fsp3) is 0.460. The quantitative estimate of drug-likeness (QED) is 0.0334. The van der Waals surface area contributed by atoms with Crippen LogP contribution in [0.4, 0.5) is 5.82 Å². The molecule has 3 aromatic heterocycles. The summed E-state index contributed by atoms with van der Waals surface area (Å²) in [4.78, 5) is 80.6. The fourth-order valence-corrected chi connectivity index (χ4v) is 7.64. The highest BCUT2D eigenvalue weighted by Gasteiger charge is 2.46. The number of ether oxygens (including phenoxy) is 8. The van der Waals surface area contributed by atoms with E-state index in [4.69, 9.17) is 42.3 Å². The van der Waals surface area contributed by atoms with Gasteiger partial charge < -0.3 is 58.3 Å². The number of hydrogen-bond donors (Lipinski definition) is 4. The van der Waals surface area contributed by atoms with Gasteiger partial charge in [0.05, 0.1) is 116 Å². The van der Waals surface area contributed by atoms with Gasteiger partial charge in [-0.25, -0.2) is 4.98 Å². The monoisotopic (exact) mass is 1030 g/mol. The maximum Gasteiger partial charge on any atom is 0.266 e. The Morgan fingerprint density at radius 1 is 0.716 bits per heavy atom. The molecule has 24 nitrogen and oxygen atoms in total. The summed E-state index contributed by atoms with van der Waals surface area (Å²) in [6.45, 7) is 6.71. The van der Waals surface area contributed by atoms with Crippen molar-refractivity contribution in [2.24, 2.45) is 0 Å². The number of benzene rings is 2. The van der Waals surface area contributed by atoms with Crippen LogP contribution in [0.3, 0.4) is 0 Å². The van der Waals surface area contributed by atoms with Gasteiger partial charge in [-0.05, 0) is 55.7 Å². The third-order valence-corrected chi connectivity index (χ3v) is 11.4. The van der Waals surface area contributed by atoms with Gasteiger partial charge in [0.1, 0.15) is 35.4 Å². The molecule has 2 aliphatic rings. The largest absolute Gasteiger partial charge is 0.483 e.